The van der Waals surface area contributed by atoms with Crippen molar-refractivity contribution in [2.24, 2.45) is 5.92 Å². The number of carbonyl (C=O) groups excluding carboxylic acids is 1. The first kappa shape index (κ1) is 15.0. The number of benzene rings is 1. The van der Waals surface area contributed by atoms with Crippen molar-refractivity contribution in [3.05, 3.63) is 35.9 Å². The molecule has 0 saturated carbocycles. The molecule has 0 aliphatic carbocycles. The van der Waals surface area contributed by atoms with Crippen molar-refractivity contribution in [1.29, 1.82) is 0 Å². The van der Waals surface area contributed by atoms with Gasteiger partial charge in [0.15, 0.2) is 0 Å². The van der Waals surface area contributed by atoms with E-state index in [1.54, 1.807) is 0 Å². The molecule has 112 valence electrons. The topological polar surface area (TPSA) is 92.9 Å². The van der Waals surface area contributed by atoms with Gasteiger partial charge in [0.1, 0.15) is 12.1 Å². The molecule has 0 aliphatic heterocycles. The fourth-order valence-electron chi connectivity index (χ4n) is 1.83. The Labute approximate surface area is 120 Å². The molecule has 1 atom stereocenters. The molecule has 2 N–H and O–H groups in total. The molecule has 1 unspecified atom stereocenters. The van der Waals surface area contributed by atoms with Gasteiger partial charge in [-0.15, -0.1) is 5.10 Å². The Balaban J connectivity index is 2.34. The lowest BCUT2D eigenvalue weighted by atomic mass is 10.0. The summed E-state index contributed by atoms with van der Waals surface area (Å²) in [6.07, 6.45) is 1.32. The fourth-order valence-corrected chi connectivity index (χ4v) is 1.83. The third kappa shape index (κ3) is 3.40. The summed E-state index contributed by atoms with van der Waals surface area (Å²) in [6.45, 7) is 3.54. The third-order valence-electron chi connectivity index (χ3n) is 3.12. The van der Waals surface area contributed by atoms with E-state index >= 15 is 0 Å². The number of hydrogen-bond donors (Lipinski definition) is 2. The number of amides is 1. The Morgan fingerprint density at radius 3 is 2.81 bits per heavy atom. The minimum atomic E-state index is -0.540. The average Bonchev–Trinajstić information content (AvgIpc) is 2.98. The predicted molar refractivity (Wildman–Crippen MR) is 72.3 cm³/mol. The second kappa shape index (κ2) is 6.40. The highest BCUT2D eigenvalue weighted by Crippen LogP contribution is 2.15. The number of tetrazole rings is 1. The van der Waals surface area contributed by atoms with Crippen LogP contribution >= 0.6 is 0 Å². The van der Waals surface area contributed by atoms with Gasteiger partial charge in [0.25, 0.3) is 5.91 Å². The molecule has 1 aromatic heterocycles. The fraction of sp³-hybridized carbons (Fsp3) is 0.385. The van der Waals surface area contributed by atoms with Crippen LogP contribution in [0, 0.1) is 11.7 Å². The van der Waals surface area contributed by atoms with E-state index in [-0.39, 0.29) is 18.1 Å². The lowest BCUT2D eigenvalue weighted by Gasteiger charge is -2.20. The van der Waals surface area contributed by atoms with Crippen LogP contribution < -0.4 is 5.32 Å². The minimum absolute atomic E-state index is 0.0454. The summed E-state index contributed by atoms with van der Waals surface area (Å²) in [7, 11) is 0. The van der Waals surface area contributed by atoms with Crippen LogP contribution in [0.5, 0.6) is 0 Å². The van der Waals surface area contributed by atoms with E-state index in [4.69, 9.17) is 0 Å². The summed E-state index contributed by atoms with van der Waals surface area (Å²) in [5, 5.41) is 22.6. The normalized spacial score (nSPS) is 12.4. The summed E-state index contributed by atoms with van der Waals surface area (Å²) in [6, 6.07) is 3.34. The monoisotopic (exact) mass is 293 g/mol. The van der Waals surface area contributed by atoms with Crippen molar-refractivity contribution in [2.75, 3.05) is 6.61 Å². The minimum Gasteiger partial charge on any atom is -0.394 e. The number of aromatic nitrogens is 4. The quantitative estimate of drug-likeness (QED) is 0.839. The Morgan fingerprint density at radius 2 is 2.24 bits per heavy atom. The van der Waals surface area contributed by atoms with Crippen molar-refractivity contribution in [3.63, 3.8) is 0 Å². The first-order valence-corrected chi connectivity index (χ1v) is 6.47. The predicted octanol–water partition coefficient (Wildman–Crippen LogP) is 0.548. The molecule has 8 heteroatoms. The van der Waals surface area contributed by atoms with Gasteiger partial charge in [-0.2, -0.15) is 4.68 Å². The lowest BCUT2D eigenvalue weighted by Crippen LogP contribution is -2.41. The standard InChI is InChI=1S/C13H16FN5O2/c1-8(2)11(6-20)16-13(21)10-5-9(14)3-4-12(10)19-7-15-17-18-19/h3-5,7-8,11,20H,6H2,1-2H3,(H,16,21). The van der Waals surface area contributed by atoms with Crippen LogP contribution in [0.2, 0.25) is 0 Å². The van der Waals surface area contributed by atoms with E-state index in [9.17, 15) is 14.3 Å². The second-order valence-electron chi connectivity index (χ2n) is 4.92. The van der Waals surface area contributed by atoms with Crippen LogP contribution in [0.25, 0.3) is 5.69 Å². The van der Waals surface area contributed by atoms with Crippen molar-refractivity contribution in [1.82, 2.24) is 25.5 Å². The Morgan fingerprint density at radius 1 is 1.48 bits per heavy atom. The molecule has 0 radical (unpaired) electrons. The Hall–Kier alpha value is -2.35. The largest absolute Gasteiger partial charge is 0.394 e. The van der Waals surface area contributed by atoms with Crippen molar-refractivity contribution in [2.45, 2.75) is 19.9 Å². The number of halogens is 1. The van der Waals surface area contributed by atoms with Crippen LogP contribution in [0.1, 0.15) is 24.2 Å². The zero-order valence-electron chi connectivity index (χ0n) is 11.7. The first-order valence-electron chi connectivity index (χ1n) is 6.47. The summed E-state index contributed by atoms with van der Waals surface area (Å²) in [4.78, 5) is 12.3. The smallest absolute Gasteiger partial charge is 0.253 e. The molecule has 0 aliphatic rings. The molecule has 2 rings (SSSR count). The Bertz CT molecular complexity index is 615. The second-order valence-corrected chi connectivity index (χ2v) is 4.92. The molecule has 0 fully saturated rings. The van der Waals surface area contributed by atoms with E-state index in [1.807, 2.05) is 13.8 Å². The molecule has 21 heavy (non-hydrogen) atoms. The van der Waals surface area contributed by atoms with Gasteiger partial charge in [-0.05, 0) is 34.5 Å². The molecular formula is C13H16FN5O2. The zero-order chi connectivity index (χ0) is 15.4. The van der Waals surface area contributed by atoms with E-state index in [2.05, 4.69) is 20.8 Å². The van der Waals surface area contributed by atoms with E-state index < -0.39 is 17.8 Å². The number of nitrogens with zero attached hydrogens (tertiary/aromatic N) is 4. The summed E-state index contributed by atoms with van der Waals surface area (Å²) in [5.41, 5.74) is 0.459. The van der Waals surface area contributed by atoms with Gasteiger partial charge in [0, 0.05) is 0 Å². The third-order valence-corrected chi connectivity index (χ3v) is 3.12. The van der Waals surface area contributed by atoms with Crippen LogP contribution in [-0.2, 0) is 0 Å². The molecule has 0 bridgehead atoms. The van der Waals surface area contributed by atoms with Crippen molar-refractivity contribution in [3.8, 4) is 5.69 Å². The number of aliphatic hydroxyl groups is 1. The SMILES string of the molecule is CC(C)C(CO)NC(=O)c1cc(F)ccc1-n1cnnn1. The maximum Gasteiger partial charge on any atom is 0.253 e. The number of carbonyl (C=O) groups is 1. The molecule has 2 aromatic rings. The van der Waals surface area contributed by atoms with Crippen molar-refractivity contribution < 1.29 is 14.3 Å². The number of aliphatic hydroxyl groups excluding tert-OH is 1. The van der Waals surface area contributed by atoms with Crippen LogP contribution in [0.3, 0.4) is 0 Å². The van der Waals surface area contributed by atoms with E-state index in [0.29, 0.717) is 5.69 Å². The molecule has 0 spiro atoms. The maximum atomic E-state index is 13.4. The van der Waals surface area contributed by atoms with Crippen LogP contribution in [0.4, 0.5) is 4.39 Å². The number of hydrogen-bond acceptors (Lipinski definition) is 5. The molecule has 0 saturated heterocycles. The molecule has 7 nitrogen and oxygen atoms in total. The average molecular weight is 293 g/mol. The van der Waals surface area contributed by atoms with E-state index in [0.717, 1.165) is 6.07 Å². The maximum absolute atomic E-state index is 13.4. The van der Waals surface area contributed by atoms with Gasteiger partial charge < -0.3 is 10.4 Å². The van der Waals surface area contributed by atoms with Gasteiger partial charge in [0.2, 0.25) is 0 Å². The molecule has 1 aromatic carbocycles. The molecular weight excluding hydrogens is 277 g/mol. The van der Waals surface area contributed by atoms with Gasteiger partial charge in [-0.25, -0.2) is 4.39 Å². The highest BCUT2D eigenvalue weighted by atomic mass is 19.1. The van der Waals surface area contributed by atoms with E-state index in [1.165, 1.54) is 23.1 Å². The summed E-state index contributed by atoms with van der Waals surface area (Å²) < 4.78 is 14.7. The first-order chi connectivity index (χ1) is 10.0. The highest BCUT2D eigenvalue weighted by molar-refractivity contribution is 5.97. The summed E-state index contributed by atoms with van der Waals surface area (Å²) >= 11 is 0. The van der Waals surface area contributed by atoms with Crippen molar-refractivity contribution >= 4 is 5.91 Å². The van der Waals surface area contributed by atoms with Crippen LogP contribution in [-0.4, -0.2) is 43.9 Å². The van der Waals surface area contributed by atoms with Gasteiger partial charge in [0.05, 0.1) is 23.9 Å². The lowest BCUT2D eigenvalue weighted by molar-refractivity contribution is 0.0896. The molecule has 1 heterocycles. The number of nitrogens with one attached hydrogen (secondary N) is 1. The van der Waals surface area contributed by atoms with Gasteiger partial charge >= 0.3 is 0 Å². The van der Waals surface area contributed by atoms with Gasteiger partial charge in [-0.3, -0.25) is 4.79 Å². The van der Waals surface area contributed by atoms with Gasteiger partial charge in [-0.1, -0.05) is 13.8 Å². The van der Waals surface area contributed by atoms with Crippen LogP contribution in [0.15, 0.2) is 24.5 Å². The Kier molecular flexibility index (Phi) is 4.59. The highest BCUT2D eigenvalue weighted by Gasteiger charge is 2.20. The molecule has 1 amide bonds. The number of rotatable bonds is 5. The summed E-state index contributed by atoms with van der Waals surface area (Å²) in [5.74, 6) is -0.987. The zero-order valence-corrected chi connectivity index (χ0v) is 11.7.